The number of aryl methyl sites for hydroxylation is 3. The third-order valence-corrected chi connectivity index (χ3v) is 3.19. The van der Waals surface area contributed by atoms with Gasteiger partial charge in [-0.2, -0.15) is 0 Å². The number of aromatic nitrogens is 2. The summed E-state index contributed by atoms with van der Waals surface area (Å²) >= 11 is 0. The minimum Gasteiger partial charge on any atom is -0.466 e. The van der Waals surface area contributed by atoms with Gasteiger partial charge in [0.25, 0.3) is 0 Å². The summed E-state index contributed by atoms with van der Waals surface area (Å²) in [6, 6.07) is 2.14. The van der Waals surface area contributed by atoms with Gasteiger partial charge < -0.3 is 15.5 Å². The fourth-order valence-corrected chi connectivity index (χ4v) is 2.15. The van der Waals surface area contributed by atoms with E-state index in [4.69, 9.17) is 10.2 Å². The van der Waals surface area contributed by atoms with Crippen molar-refractivity contribution in [3.63, 3.8) is 0 Å². The molecule has 2 heterocycles. The first-order valence-corrected chi connectivity index (χ1v) is 6.32. The highest BCUT2D eigenvalue weighted by molar-refractivity contribution is 5.55. The van der Waals surface area contributed by atoms with Gasteiger partial charge in [0.2, 0.25) is 0 Å². The molecule has 3 N–H and O–H groups in total. The second kappa shape index (κ2) is 4.91. The number of nitrogens with one attached hydrogen (secondary N) is 1. The molecule has 0 aromatic carbocycles. The molecule has 0 bridgehead atoms. The van der Waals surface area contributed by atoms with E-state index in [2.05, 4.69) is 22.2 Å². The molecule has 0 amide bonds. The normalized spacial score (nSPS) is 12.5. The number of anilines is 2. The Bertz CT molecular complexity index is 604. The highest BCUT2D eigenvalue weighted by Gasteiger charge is 2.15. The molecule has 2 rings (SSSR count). The van der Waals surface area contributed by atoms with Crippen LogP contribution in [0.2, 0.25) is 0 Å². The molecule has 0 spiro atoms. The number of furan rings is 1. The van der Waals surface area contributed by atoms with Gasteiger partial charge in [0.1, 0.15) is 29.0 Å². The average molecular weight is 260 g/mol. The van der Waals surface area contributed by atoms with Gasteiger partial charge >= 0.3 is 0 Å². The van der Waals surface area contributed by atoms with Gasteiger partial charge in [0.15, 0.2) is 0 Å². The first kappa shape index (κ1) is 13.4. The summed E-state index contributed by atoms with van der Waals surface area (Å²) in [6.45, 7) is 9.73. The van der Waals surface area contributed by atoms with Crippen LogP contribution in [0.25, 0.3) is 0 Å². The van der Waals surface area contributed by atoms with E-state index in [1.54, 1.807) is 0 Å². The first-order chi connectivity index (χ1) is 8.88. The van der Waals surface area contributed by atoms with E-state index in [0.717, 1.165) is 28.5 Å². The third-order valence-electron chi connectivity index (χ3n) is 3.19. The molecule has 0 saturated carbocycles. The maximum absolute atomic E-state index is 5.86. The van der Waals surface area contributed by atoms with Crippen molar-refractivity contribution in [1.82, 2.24) is 9.97 Å². The largest absolute Gasteiger partial charge is 0.466 e. The monoisotopic (exact) mass is 260 g/mol. The Morgan fingerprint density at radius 3 is 2.47 bits per heavy atom. The highest BCUT2D eigenvalue weighted by atomic mass is 16.3. The van der Waals surface area contributed by atoms with Crippen LogP contribution in [0.3, 0.4) is 0 Å². The van der Waals surface area contributed by atoms with Crippen LogP contribution in [0.4, 0.5) is 11.6 Å². The minimum atomic E-state index is 0.102. The van der Waals surface area contributed by atoms with Gasteiger partial charge in [-0.15, -0.1) is 0 Å². The summed E-state index contributed by atoms with van der Waals surface area (Å²) in [7, 11) is 0. The van der Waals surface area contributed by atoms with Crippen LogP contribution >= 0.6 is 0 Å². The van der Waals surface area contributed by atoms with E-state index in [9.17, 15) is 0 Å². The zero-order valence-corrected chi connectivity index (χ0v) is 12.0. The van der Waals surface area contributed by atoms with Gasteiger partial charge in [0.05, 0.1) is 6.04 Å². The molecule has 1 unspecified atom stereocenters. The maximum Gasteiger partial charge on any atom is 0.135 e. The Morgan fingerprint density at radius 1 is 1.21 bits per heavy atom. The Balaban J connectivity index is 2.29. The second-order valence-electron chi connectivity index (χ2n) is 4.86. The van der Waals surface area contributed by atoms with Crippen molar-refractivity contribution in [1.29, 1.82) is 0 Å². The molecule has 19 heavy (non-hydrogen) atoms. The average Bonchev–Trinajstić information content (AvgIpc) is 2.64. The second-order valence-corrected chi connectivity index (χ2v) is 4.86. The molecule has 5 heteroatoms. The van der Waals surface area contributed by atoms with Crippen molar-refractivity contribution in [3.05, 3.63) is 34.5 Å². The molecule has 2 aromatic heterocycles. The molecule has 0 aliphatic carbocycles. The lowest BCUT2D eigenvalue weighted by molar-refractivity contribution is 0.499. The van der Waals surface area contributed by atoms with E-state index in [0.29, 0.717) is 11.6 Å². The van der Waals surface area contributed by atoms with Gasteiger partial charge in [0, 0.05) is 11.1 Å². The van der Waals surface area contributed by atoms with Crippen molar-refractivity contribution in [2.24, 2.45) is 0 Å². The Hall–Kier alpha value is -2.04. The smallest absolute Gasteiger partial charge is 0.135 e. The number of rotatable bonds is 3. The summed E-state index contributed by atoms with van der Waals surface area (Å²) < 4.78 is 5.55. The Labute approximate surface area is 113 Å². The lowest BCUT2D eigenvalue weighted by atomic mass is 10.1. The molecule has 0 aliphatic heterocycles. The van der Waals surface area contributed by atoms with E-state index >= 15 is 0 Å². The number of hydrogen-bond acceptors (Lipinski definition) is 5. The van der Waals surface area contributed by atoms with Crippen molar-refractivity contribution in [2.45, 2.75) is 40.7 Å². The lowest BCUT2D eigenvalue weighted by Gasteiger charge is -2.16. The number of nitrogen functional groups attached to an aromatic ring is 1. The van der Waals surface area contributed by atoms with E-state index < -0.39 is 0 Å². The van der Waals surface area contributed by atoms with Crippen molar-refractivity contribution in [3.8, 4) is 0 Å². The summed E-state index contributed by atoms with van der Waals surface area (Å²) in [4.78, 5) is 8.55. The third kappa shape index (κ3) is 2.70. The minimum absolute atomic E-state index is 0.102. The van der Waals surface area contributed by atoms with E-state index in [1.807, 2.05) is 33.8 Å². The van der Waals surface area contributed by atoms with Crippen LogP contribution in [0.5, 0.6) is 0 Å². The predicted octanol–water partition coefficient (Wildman–Crippen LogP) is 3.06. The topological polar surface area (TPSA) is 77.0 Å². The van der Waals surface area contributed by atoms with Gasteiger partial charge in [-0.3, -0.25) is 0 Å². The fraction of sp³-hybridized carbons (Fsp3) is 0.429. The van der Waals surface area contributed by atoms with Gasteiger partial charge in [-0.25, -0.2) is 9.97 Å². The quantitative estimate of drug-likeness (QED) is 0.886. The number of hydrogen-bond donors (Lipinski definition) is 2. The maximum atomic E-state index is 5.86. The standard InChI is InChI=1S/C14H20N4O/c1-7-6-12(10(4)19-7)9(3)16-14-8(2)13(15)17-11(5)18-14/h6,9H,1-5H3,(H3,15,16,17,18). The van der Waals surface area contributed by atoms with Crippen LogP contribution in [-0.2, 0) is 0 Å². The van der Waals surface area contributed by atoms with Gasteiger partial charge in [-0.05, 0) is 40.7 Å². The lowest BCUT2D eigenvalue weighted by Crippen LogP contribution is -2.12. The van der Waals surface area contributed by atoms with Gasteiger partial charge in [-0.1, -0.05) is 0 Å². The highest BCUT2D eigenvalue weighted by Crippen LogP contribution is 2.26. The van der Waals surface area contributed by atoms with Crippen molar-refractivity contribution in [2.75, 3.05) is 11.1 Å². The molecular weight excluding hydrogens is 240 g/mol. The van der Waals surface area contributed by atoms with Crippen LogP contribution in [0.1, 0.15) is 41.4 Å². The summed E-state index contributed by atoms with van der Waals surface area (Å²) in [5, 5.41) is 3.37. The van der Waals surface area contributed by atoms with Crippen molar-refractivity contribution < 1.29 is 4.42 Å². The van der Waals surface area contributed by atoms with Crippen LogP contribution < -0.4 is 11.1 Å². The molecule has 0 fully saturated rings. The molecule has 0 saturated heterocycles. The number of nitrogens with zero attached hydrogens (tertiary/aromatic N) is 2. The van der Waals surface area contributed by atoms with Crippen LogP contribution in [0, 0.1) is 27.7 Å². The molecule has 2 aromatic rings. The molecule has 0 aliphatic rings. The molecule has 0 radical (unpaired) electrons. The predicted molar refractivity (Wildman–Crippen MR) is 76.1 cm³/mol. The fourth-order valence-electron chi connectivity index (χ4n) is 2.15. The van der Waals surface area contributed by atoms with Crippen LogP contribution in [0.15, 0.2) is 10.5 Å². The van der Waals surface area contributed by atoms with E-state index in [1.165, 1.54) is 0 Å². The summed E-state index contributed by atoms with van der Waals surface area (Å²) in [5.41, 5.74) is 7.86. The molecule has 5 nitrogen and oxygen atoms in total. The van der Waals surface area contributed by atoms with Crippen molar-refractivity contribution >= 4 is 11.6 Å². The Morgan fingerprint density at radius 2 is 1.89 bits per heavy atom. The SMILES string of the molecule is Cc1nc(N)c(C)c(NC(C)c2cc(C)oc2C)n1. The zero-order chi connectivity index (χ0) is 14.2. The number of nitrogens with two attached hydrogens (primary N) is 1. The zero-order valence-electron chi connectivity index (χ0n) is 12.0. The summed E-state index contributed by atoms with van der Waals surface area (Å²) in [5.74, 6) is 3.79. The molecule has 102 valence electrons. The molecule has 1 atom stereocenters. The first-order valence-electron chi connectivity index (χ1n) is 6.32. The van der Waals surface area contributed by atoms with Crippen LogP contribution in [-0.4, -0.2) is 9.97 Å². The summed E-state index contributed by atoms with van der Waals surface area (Å²) in [6.07, 6.45) is 0. The Kier molecular flexibility index (Phi) is 3.46. The van der Waals surface area contributed by atoms with E-state index in [-0.39, 0.29) is 6.04 Å². The molecular formula is C14H20N4O.